The highest BCUT2D eigenvalue weighted by atomic mass is 16.4. The lowest BCUT2D eigenvalue weighted by Gasteiger charge is -2.26. The van der Waals surface area contributed by atoms with Gasteiger partial charge in [0.2, 0.25) is 0 Å². The predicted octanol–water partition coefficient (Wildman–Crippen LogP) is 1.23. The summed E-state index contributed by atoms with van der Waals surface area (Å²) in [6.07, 6.45) is 2.45. The molecular weight excluding hydrogens is 214 g/mol. The van der Waals surface area contributed by atoms with Crippen LogP contribution in [-0.4, -0.2) is 34.2 Å². The van der Waals surface area contributed by atoms with Gasteiger partial charge in [0.05, 0.1) is 5.29 Å². The Balaban J connectivity index is 2.11. The van der Waals surface area contributed by atoms with Crippen LogP contribution in [0.3, 0.4) is 0 Å². The van der Waals surface area contributed by atoms with Gasteiger partial charge in [-0.05, 0) is 12.8 Å². The van der Waals surface area contributed by atoms with Gasteiger partial charge in [-0.2, -0.15) is 0 Å². The topological polar surface area (TPSA) is 96.0 Å². The zero-order valence-corrected chi connectivity index (χ0v) is 8.50. The maximum Gasteiger partial charge on any atom is 0.358 e. The molecule has 1 aliphatic rings. The molecule has 1 aromatic heterocycles. The summed E-state index contributed by atoms with van der Waals surface area (Å²) in [6, 6.07) is 0. The van der Waals surface area contributed by atoms with Gasteiger partial charge in [-0.1, -0.05) is 0 Å². The summed E-state index contributed by atoms with van der Waals surface area (Å²) in [5, 5.41) is 13.1. The first-order valence-corrected chi connectivity index (χ1v) is 4.97. The van der Waals surface area contributed by atoms with Crippen molar-refractivity contribution in [1.29, 1.82) is 0 Å². The fraction of sp³-hybridized carbons (Fsp3) is 0.556. The standard InChI is InChI=1S/C9H11N3O4/c13-9(14)7-8(16-5-10-7)6-1-3-12(11-15)4-2-6/h5-6H,1-4H2,(H,13,14). The van der Waals surface area contributed by atoms with Crippen molar-refractivity contribution in [2.45, 2.75) is 18.8 Å². The van der Waals surface area contributed by atoms with Crippen LogP contribution in [0.2, 0.25) is 0 Å². The van der Waals surface area contributed by atoms with Gasteiger partial charge in [-0.3, -0.25) is 5.01 Å². The third-order valence-electron chi connectivity index (χ3n) is 2.76. The number of oxazole rings is 1. The van der Waals surface area contributed by atoms with E-state index < -0.39 is 5.97 Å². The van der Waals surface area contributed by atoms with Gasteiger partial charge in [-0.15, -0.1) is 4.91 Å². The second-order valence-corrected chi connectivity index (χ2v) is 3.68. The van der Waals surface area contributed by atoms with Crippen LogP contribution < -0.4 is 0 Å². The van der Waals surface area contributed by atoms with E-state index in [0.717, 1.165) is 6.39 Å². The molecule has 0 atom stereocenters. The smallest absolute Gasteiger partial charge is 0.358 e. The third-order valence-corrected chi connectivity index (χ3v) is 2.76. The van der Waals surface area contributed by atoms with E-state index in [4.69, 9.17) is 9.52 Å². The van der Waals surface area contributed by atoms with Crippen LogP contribution in [-0.2, 0) is 0 Å². The van der Waals surface area contributed by atoms with Crippen molar-refractivity contribution in [2.24, 2.45) is 5.29 Å². The number of nitrogens with zero attached hydrogens (tertiary/aromatic N) is 3. The maximum atomic E-state index is 10.8. The number of aromatic nitrogens is 1. The van der Waals surface area contributed by atoms with Crippen molar-refractivity contribution >= 4 is 5.97 Å². The Hall–Kier alpha value is -1.92. The molecule has 1 aromatic rings. The zero-order valence-electron chi connectivity index (χ0n) is 8.50. The van der Waals surface area contributed by atoms with Crippen LogP contribution in [0.1, 0.15) is 35.0 Å². The van der Waals surface area contributed by atoms with Crippen LogP contribution in [0.15, 0.2) is 16.1 Å². The van der Waals surface area contributed by atoms with Crippen LogP contribution >= 0.6 is 0 Å². The van der Waals surface area contributed by atoms with Gasteiger partial charge in [0.1, 0.15) is 5.76 Å². The quantitative estimate of drug-likeness (QED) is 0.777. The lowest BCUT2D eigenvalue weighted by atomic mass is 9.94. The Kier molecular flexibility index (Phi) is 2.84. The van der Waals surface area contributed by atoms with E-state index in [1.54, 1.807) is 0 Å². The van der Waals surface area contributed by atoms with Gasteiger partial charge in [-0.25, -0.2) is 9.78 Å². The summed E-state index contributed by atoms with van der Waals surface area (Å²) in [7, 11) is 0. The number of hydrogen-bond donors (Lipinski definition) is 1. The number of carboxylic acid groups (broad SMARTS) is 1. The third kappa shape index (κ3) is 1.88. The summed E-state index contributed by atoms with van der Waals surface area (Å²) in [5.41, 5.74) is -0.0301. The number of piperidine rings is 1. The molecule has 0 radical (unpaired) electrons. The number of carbonyl (C=O) groups is 1. The fourth-order valence-corrected chi connectivity index (χ4v) is 1.92. The molecule has 0 bridgehead atoms. The molecule has 0 aromatic carbocycles. The molecule has 1 saturated heterocycles. The van der Waals surface area contributed by atoms with Crippen molar-refractivity contribution in [2.75, 3.05) is 13.1 Å². The number of aromatic carboxylic acids is 1. The highest BCUT2D eigenvalue weighted by Gasteiger charge is 2.28. The first kappa shape index (κ1) is 10.6. The Morgan fingerprint density at radius 1 is 1.56 bits per heavy atom. The Labute approximate surface area is 91.0 Å². The van der Waals surface area contributed by atoms with Crippen molar-refractivity contribution in [3.05, 3.63) is 22.8 Å². The fourth-order valence-electron chi connectivity index (χ4n) is 1.92. The van der Waals surface area contributed by atoms with Gasteiger partial charge in [0, 0.05) is 19.0 Å². The molecule has 2 heterocycles. The number of hydrogen-bond acceptors (Lipinski definition) is 5. The molecule has 7 nitrogen and oxygen atoms in total. The molecule has 0 unspecified atom stereocenters. The second kappa shape index (κ2) is 4.30. The summed E-state index contributed by atoms with van der Waals surface area (Å²) in [6.45, 7) is 1.04. The molecule has 1 aliphatic heterocycles. The predicted molar refractivity (Wildman–Crippen MR) is 52.8 cm³/mol. The summed E-state index contributed by atoms with van der Waals surface area (Å²) in [5.74, 6) is -0.677. The molecule has 86 valence electrons. The number of carboxylic acids is 1. The van der Waals surface area contributed by atoms with E-state index >= 15 is 0 Å². The van der Waals surface area contributed by atoms with Gasteiger partial charge in [0.25, 0.3) is 0 Å². The van der Waals surface area contributed by atoms with Crippen molar-refractivity contribution < 1.29 is 14.3 Å². The Morgan fingerprint density at radius 2 is 2.25 bits per heavy atom. The summed E-state index contributed by atoms with van der Waals surface area (Å²) in [4.78, 5) is 24.8. The molecule has 1 fully saturated rings. The normalized spacial score (nSPS) is 17.4. The summed E-state index contributed by atoms with van der Waals surface area (Å²) < 4.78 is 5.12. The van der Waals surface area contributed by atoms with Gasteiger partial charge in [0.15, 0.2) is 12.1 Å². The average molecular weight is 225 g/mol. The highest BCUT2D eigenvalue weighted by Crippen LogP contribution is 2.30. The maximum absolute atomic E-state index is 10.8. The van der Waals surface area contributed by atoms with E-state index in [9.17, 15) is 9.70 Å². The number of nitroso groups, excluding NO2 is 1. The molecule has 0 saturated carbocycles. The molecule has 16 heavy (non-hydrogen) atoms. The minimum atomic E-state index is -1.08. The lowest BCUT2D eigenvalue weighted by molar-refractivity contribution is 0.0686. The molecular formula is C9H11N3O4. The lowest BCUT2D eigenvalue weighted by Crippen LogP contribution is -2.28. The number of rotatable bonds is 3. The first-order chi connectivity index (χ1) is 7.72. The Morgan fingerprint density at radius 3 is 2.81 bits per heavy atom. The van der Waals surface area contributed by atoms with E-state index in [-0.39, 0.29) is 11.6 Å². The molecule has 1 N–H and O–H groups in total. The average Bonchev–Trinajstić information content (AvgIpc) is 2.78. The van der Waals surface area contributed by atoms with Crippen LogP contribution in [0.5, 0.6) is 0 Å². The minimum Gasteiger partial charge on any atom is -0.476 e. The molecule has 0 aliphatic carbocycles. The SMILES string of the molecule is O=NN1CCC(c2ocnc2C(=O)O)CC1. The first-order valence-electron chi connectivity index (χ1n) is 4.97. The monoisotopic (exact) mass is 225 g/mol. The van der Waals surface area contributed by atoms with Crippen LogP contribution in [0.25, 0.3) is 0 Å². The zero-order chi connectivity index (χ0) is 11.5. The van der Waals surface area contributed by atoms with E-state index in [1.807, 2.05) is 0 Å². The highest BCUT2D eigenvalue weighted by molar-refractivity contribution is 5.86. The molecule has 2 rings (SSSR count). The molecule has 0 spiro atoms. The van der Waals surface area contributed by atoms with Crippen molar-refractivity contribution in [3.63, 3.8) is 0 Å². The second-order valence-electron chi connectivity index (χ2n) is 3.68. The van der Waals surface area contributed by atoms with Gasteiger partial charge >= 0.3 is 5.97 Å². The van der Waals surface area contributed by atoms with Crippen LogP contribution in [0.4, 0.5) is 0 Å². The Bertz CT molecular complexity index is 395. The van der Waals surface area contributed by atoms with E-state index in [2.05, 4.69) is 10.3 Å². The molecule has 7 heteroatoms. The van der Waals surface area contributed by atoms with E-state index in [1.165, 1.54) is 5.01 Å². The molecule has 0 amide bonds. The van der Waals surface area contributed by atoms with Crippen molar-refractivity contribution in [1.82, 2.24) is 9.99 Å². The van der Waals surface area contributed by atoms with Crippen LogP contribution in [0, 0.1) is 4.91 Å². The van der Waals surface area contributed by atoms with Crippen molar-refractivity contribution in [3.8, 4) is 0 Å². The largest absolute Gasteiger partial charge is 0.476 e. The van der Waals surface area contributed by atoms with E-state index in [0.29, 0.717) is 31.7 Å². The minimum absolute atomic E-state index is 0.00611. The van der Waals surface area contributed by atoms with Gasteiger partial charge < -0.3 is 9.52 Å². The summed E-state index contributed by atoms with van der Waals surface area (Å²) >= 11 is 0.